The molecule has 0 aromatic rings. The third-order valence-electron chi connectivity index (χ3n) is 3.38. The van der Waals surface area contributed by atoms with Gasteiger partial charge in [0, 0.05) is 24.3 Å². The molecule has 0 bridgehead atoms. The van der Waals surface area contributed by atoms with Crippen LogP contribution in [0.3, 0.4) is 0 Å². The number of hydrogen-bond donors (Lipinski definition) is 2. The van der Waals surface area contributed by atoms with Crippen LogP contribution in [0.15, 0.2) is 0 Å². The molecule has 2 N–H and O–H groups in total. The lowest BCUT2D eigenvalue weighted by Gasteiger charge is -2.29. The van der Waals surface area contributed by atoms with Crippen LogP contribution in [0.4, 0.5) is 0 Å². The molecule has 3 unspecified atom stereocenters. The standard InChI is InChI=1S/C13H26N2O3/c1-5-9(2)11(13(17)18)10(3)12(16)15-8-6-7-14-4/h9-11,14H,5-8H2,1-4H3,(H,15,16)(H,17,18)/p-1. The highest BCUT2D eigenvalue weighted by atomic mass is 16.4. The van der Waals surface area contributed by atoms with E-state index < -0.39 is 17.8 Å². The molecule has 5 nitrogen and oxygen atoms in total. The van der Waals surface area contributed by atoms with Crippen LogP contribution in [0.25, 0.3) is 0 Å². The molecular weight excluding hydrogens is 232 g/mol. The van der Waals surface area contributed by atoms with Crippen LogP contribution in [0.2, 0.25) is 0 Å². The highest BCUT2D eigenvalue weighted by Crippen LogP contribution is 2.23. The van der Waals surface area contributed by atoms with E-state index in [1.165, 1.54) is 0 Å². The predicted molar refractivity (Wildman–Crippen MR) is 68.7 cm³/mol. The number of carboxylic acid groups (broad SMARTS) is 1. The lowest BCUT2D eigenvalue weighted by molar-refractivity contribution is -0.314. The number of amides is 1. The number of carbonyl (C=O) groups excluding carboxylic acids is 2. The van der Waals surface area contributed by atoms with Gasteiger partial charge in [0.25, 0.3) is 0 Å². The number of carbonyl (C=O) groups is 2. The van der Waals surface area contributed by atoms with E-state index >= 15 is 0 Å². The van der Waals surface area contributed by atoms with Crippen molar-refractivity contribution in [1.29, 1.82) is 0 Å². The smallest absolute Gasteiger partial charge is 0.223 e. The molecule has 1 amide bonds. The maximum atomic E-state index is 11.8. The number of carboxylic acids is 1. The minimum Gasteiger partial charge on any atom is -0.550 e. The van der Waals surface area contributed by atoms with E-state index in [2.05, 4.69) is 10.6 Å². The van der Waals surface area contributed by atoms with Gasteiger partial charge in [0.2, 0.25) is 5.91 Å². The monoisotopic (exact) mass is 257 g/mol. The topological polar surface area (TPSA) is 81.3 Å². The van der Waals surface area contributed by atoms with E-state index in [9.17, 15) is 14.7 Å². The van der Waals surface area contributed by atoms with Crippen LogP contribution in [0, 0.1) is 17.8 Å². The van der Waals surface area contributed by atoms with E-state index in [1.807, 2.05) is 20.9 Å². The minimum absolute atomic E-state index is 0.0620. The molecule has 0 saturated carbocycles. The summed E-state index contributed by atoms with van der Waals surface area (Å²) in [5.74, 6) is -2.69. The van der Waals surface area contributed by atoms with Gasteiger partial charge in [-0.05, 0) is 25.9 Å². The Morgan fingerprint density at radius 2 is 1.83 bits per heavy atom. The molecule has 0 radical (unpaired) electrons. The summed E-state index contributed by atoms with van der Waals surface area (Å²) in [4.78, 5) is 23.0. The van der Waals surface area contributed by atoms with Gasteiger partial charge < -0.3 is 20.5 Å². The Kier molecular flexibility index (Phi) is 8.37. The second kappa shape index (κ2) is 8.91. The molecule has 0 aromatic heterocycles. The predicted octanol–water partition coefficient (Wildman–Crippen LogP) is -0.240. The van der Waals surface area contributed by atoms with Crippen LogP contribution in [0.5, 0.6) is 0 Å². The van der Waals surface area contributed by atoms with Crippen LogP contribution in [0.1, 0.15) is 33.6 Å². The van der Waals surface area contributed by atoms with Gasteiger partial charge in [0.15, 0.2) is 0 Å². The van der Waals surface area contributed by atoms with Gasteiger partial charge in [-0.2, -0.15) is 0 Å². The van der Waals surface area contributed by atoms with E-state index in [0.29, 0.717) is 6.54 Å². The largest absolute Gasteiger partial charge is 0.550 e. The maximum Gasteiger partial charge on any atom is 0.223 e. The summed E-state index contributed by atoms with van der Waals surface area (Å²) in [6.07, 6.45) is 1.55. The Morgan fingerprint density at radius 3 is 2.28 bits per heavy atom. The van der Waals surface area contributed by atoms with E-state index in [4.69, 9.17) is 0 Å². The molecule has 0 saturated heterocycles. The van der Waals surface area contributed by atoms with Crippen molar-refractivity contribution in [3.05, 3.63) is 0 Å². The van der Waals surface area contributed by atoms with Gasteiger partial charge in [0.05, 0.1) is 0 Å². The molecule has 0 fully saturated rings. The second-order valence-corrected chi connectivity index (χ2v) is 4.77. The number of rotatable bonds is 9. The van der Waals surface area contributed by atoms with Crippen molar-refractivity contribution in [3.63, 3.8) is 0 Å². The maximum absolute atomic E-state index is 11.8. The number of hydrogen-bond acceptors (Lipinski definition) is 4. The molecule has 0 rings (SSSR count). The molecule has 106 valence electrons. The van der Waals surface area contributed by atoms with Gasteiger partial charge in [-0.15, -0.1) is 0 Å². The molecule has 0 heterocycles. The highest BCUT2D eigenvalue weighted by molar-refractivity contribution is 5.83. The first-order chi connectivity index (χ1) is 8.45. The highest BCUT2D eigenvalue weighted by Gasteiger charge is 2.28. The van der Waals surface area contributed by atoms with Gasteiger partial charge in [-0.25, -0.2) is 0 Å². The molecule has 0 aliphatic rings. The van der Waals surface area contributed by atoms with Crippen LogP contribution in [-0.4, -0.2) is 32.0 Å². The van der Waals surface area contributed by atoms with Crippen molar-refractivity contribution >= 4 is 11.9 Å². The zero-order valence-corrected chi connectivity index (χ0v) is 11.8. The summed E-state index contributed by atoms with van der Waals surface area (Å²) in [6, 6.07) is 0. The zero-order valence-electron chi connectivity index (χ0n) is 11.8. The summed E-state index contributed by atoms with van der Waals surface area (Å²) in [5, 5.41) is 16.9. The average molecular weight is 257 g/mol. The zero-order chi connectivity index (χ0) is 14.1. The van der Waals surface area contributed by atoms with Crippen molar-refractivity contribution in [2.45, 2.75) is 33.6 Å². The van der Waals surface area contributed by atoms with Gasteiger partial charge in [-0.1, -0.05) is 27.2 Å². The molecule has 3 atom stereocenters. The molecule has 5 heteroatoms. The van der Waals surface area contributed by atoms with Crippen molar-refractivity contribution in [2.75, 3.05) is 20.1 Å². The van der Waals surface area contributed by atoms with Gasteiger partial charge in [-0.3, -0.25) is 4.79 Å². The lowest BCUT2D eigenvalue weighted by Crippen LogP contribution is -2.45. The lowest BCUT2D eigenvalue weighted by atomic mass is 9.81. The average Bonchev–Trinajstić information content (AvgIpc) is 2.33. The fourth-order valence-electron chi connectivity index (χ4n) is 1.98. The first-order valence-corrected chi connectivity index (χ1v) is 6.58. The Bertz CT molecular complexity index is 269. The molecular formula is C13H25N2O3-. The molecule has 0 aliphatic carbocycles. The number of aliphatic carboxylic acids is 1. The summed E-state index contributed by atoms with van der Waals surface area (Å²) < 4.78 is 0. The van der Waals surface area contributed by atoms with Crippen LogP contribution < -0.4 is 15.7 Å². The van der Waals surface area contributed by atoms with Crippen molar-refractivity contribution in [1.82, 2.24) is 10.6 Å². The van der Waals surface area contributed by atoms with Crippen molar-refractivity contribution in [3.8, 4) is 0 Å². The van der Waals surface area contributed by atoms with E-state index in [0.717, 1.165) is 19.4 Å². The number of nitrogens with one attached hydrogen (secondary N) is 2. The van der Waals surface area contributed by atoms with Crippen LogP contribution >= 0.6 is 0 Å². The minimum atomic E-state index is -1.14. The van der Waals surface area contributed by atoms with E-state index in [-0.39, 0.29) is 11.8 Å². The first-order valence-electron chi connectivity index (χ1n) is 6.58. The Labute approximate surface area is 109 Å². The quantitative estimate of drug-likeness (QED) is 0.559. The fraction of sp³-hybridized carbons (Fsp3) is 0.846. The van der Waals surface area contributed by atoms with E-state index in [1.54, 1.807) is 6.92 Å². The Balaban J connectivity index is 4.34. The molecule has 0 aliphatic heterocycles. The summed E-state index contributed by atoms with van der Waals surface area (Å²) in [5.41, 5.74) is 0. The first kappa shape index (κ1) is 16.9. The van der Waals surface area contributed by atoms with Gasteiger partial charge in [0.1, 0.15) is 0 Å². The van der Waals surface area contributed by atoms with Crippen molar-refractivity contribution < 1.29 is 14.7 Å². The summed E-state index contributed by atoms with van der Waals surface area (Å²) in [6.45, 7) is 6.79. The summed E-state index contributed by atoms with van der Waals surface area (Å²) >= 11 is 0. The Hall–Kier alpha value is -1.10. The summed E-state index contributed by atoms with van der Waals surface area (Å²) in [7, 11) is 1.85. The van der Waals surface area contributed by atoms with Crippen molar-refractivity contribution in [2.24, 2.45) is 17.8 Å². The molecule has 0 spiro atoms. The molecule has 18 heavy (non-hydrogen) atoms. The normalized spacial score (nSPS) is 15.8. The molecule has 0 aromatic carbocycles. The fourth-order valence-corrected chi connectivity index (χ4v) is 1.98. The third-order valence-corrected chi connectivity index (χ3v) is 3.38. The third kappa shape index (κ3) is 5.49. The SMILES string of the molecule is CCC(C)C(C(=O)[O-])C(C)C(=O)NCCCNC. The second-order valence-electron chi connectivity index (χ2n) is 4.77. The van der Waals surface area contributed by atoms with Crippen LogP contribution in [-0.2, 0) is 9.59 Å². The van der Waals surface area contributed by atoms with Gasteiger partial charge >= 0.3 is 0 Å². The Morgan fingerprint density at radius 1 is 1.22 bits per heavy atom.